The Hall–Kier alpha value is -2.97. The van der Waals surface area contributed by atoms with Gasteiger partial charge in [-0.3, -0.25) is 9.59 Å². The van der Waals surface area contributed by atoms with Gasteiger partial charge in [-0.15, -0.1) is 0 Å². The van der Waals surface area contributed by atoms with Crippen LogP contribution in [0.2, 0.25) is 0 Å². The standard InChI is InChI=1S/C26H31N3O4S/c1-3-18-8-10-19(11-9-18)17-27-26(31)23-16-25(30)28-24-13-12-21(15-22(23)24)34(32,33)29-14-6-5-7-20(29)4-2/h8-13,15-16,20H,3-7,14,17H2,1-2H3,(H,27,31)(H,28,30)/t20-/m0/s1. The van der Waals surface area contributed by atoms with Crippen LogP contribution in [0, 0.1) is 0 Å². The first-order valence-corrected chi connectivity index (χ1v) is 13.3. The minimum absolute atomic E-state index is 0.0214. The molecule has 3 aromatic rings. The summed E-state index contributed by atoms with van der Waals surface area (Å²) in [6, 6.07) is 13.7. The zero-order valence-corrected chi connectivity index (χ0v) is 20.5. The fraction of sp³-hybridized carbons (Fsp3) is 0.385. The summed E-state index contributed by atoms with van der Waals surface area (Å²) < 4.78 is 28.5. The maximum absolute atomic E-state index is 13.5. The number of nitrogens with zero attached hydrogens (tertiary/aromatic N) is 1. The van der Waals surface area contributed by atoms with E-state index in [-0.39, 0.29) is 16.5 Å². The molecule has 1 aromatic heterocycles. The normalized spacial score (nSPS) is 17.1. The summed E-state index contributed by atoms with van der Waals surface area (Å²) in [6.45, 7) is 4.88. The topological polar surface area (TPSA) is 99.3 Å². The number of benzene rings is 2. The number of pyridine rings is 1. The number of sulfonamides is 1. The molecule has 1 atom stereocenters. The second-order valence-corrected chi connectivity index (χ2v) is 10.7. The van der Waals surface area contributed by atoms with Crippen LogP contribution in [0.25, 0.3) is 10.9 Å². The van der Waals surface area contributed by atoms with Gasteiger partial charge in [-0.2, -0.15) is 4.31 Å². The second kappa shape index (κ2) is 10.1. The van der Waals surface area contributed by atoms with Crippen molar-refractivity contribution in [1.29, 1.82) is 0 Å². The summed E-state index contributed by atoms with van der Waals surface area (Å²) in [7, 11) is -3.72. The Morgan fingerprint density at radius 2 is 1.79 bits per heavy atom. The first kappa shape index (κ1) is 24.2. The molecule has 1 amide bonds. The van der Waals surface area contributed by atoms with Crippen LogP contribution in [-0.4, -0.2) is 36.2 Å². The summed E-state index contributed by atoms with van der Waals surface area (Å²) in [5.74, 6) is -0.422. The van der Waals surface area contributed by atoms with Crippen molar-refractivity contribution in [1.82, 2.24) is 14.6 Å². The molecule has 1 fully saturated rings. The van der Waals surface area contributed by atoms with Gasteiger partial charge >= 0.3 is 0 Å². The summed E-state index contributed by atoms with van der Waals surface area (Å²) in [6.07, 6.45) is 4.40. The Labute approximate surface area is 200 Å². The average molecular weight is 482 g/mol. The van der Waals surface area contributed by atoms with Crippen LogP contribution in [0.5, 0.6) is 0 Å². The molecule has 180 valence electrons. The molecule has 34 heavy (non-hydrogen) atoms. The maximum Gasteiger partial charge on any atom is 0.252 e. The monoisotopic (exact) mass is 481 g/mol. The molecule has 0 saturated carbocycles. The fourth-order valence-corrected chi connectivity index (χ4v) is 6.38. The van der Waals surface area contributed by atoms with E-state index in [9.17, 15) is 18.0 Å². The van der Waals surface area contributed by atoms with Gasteiger partial charge in [-0.05, 0) is 55.0 Å². The van der Waals surface area contributed by atoms with Crippen molar-refractivity contribution in [3.8, 4) is 0 Å². The Morgan fingerprint density at radius 3 is 2.50 bits per heavy atom. The molecule has 0 bridgehead atoms. The zero-order valence-electron chi connectivity index (χ0n) is 19.6. The van der Waals surface area contributed by atoms with Crippen molar-refractivity contribution in [2.45, 2.75) is 63.4 Å². The van der Waals surface area contributed by atoms with E-state index in [1.54, 1.807) is 10.4 Å². The van der Waals surface area contributed by atoms with Gasteiger partial charge in [-0.25, -0.2) is 8.42 Å². The first-order chi connectivity index (χ1) is 16.3. The molecule has 0 unspecified atom stereocenters. The van der Waals surface area contributed by atoms with Gasteiger partial charge in [0.15, 0.2) is 0 Å². The lowest BCUT2D eigenvalue weighted by atomic mass is 10.0. The van der Waals surface area contributed by atoms with E-state index in [1.807, 2.05) is 31.2 Å². The quantitative estimate of drug-likeness (QED) is 0.533. The average Bonchev–Trinajstić information content (AvgIpc) is 2.86. The van der Waals surface area contributed by atoms with E-state index in [0.29, 0.717) is 24.0 Å². The van der Waals surface area contributed by atoms with E-state index in [4.69, 9.17) is 0 Å². The van der Waals surface area contributed by atoms with Crippen LogP contribution < -0.4 is 10.9 Å². The number of H-pyrrole nitrogens is 1. The summed E-state index contributed by atoms with van der Waals surface area (Å²) in [4.78, 5) is 28.1. The third kappa shape index (κ3) is 4.93. The molecule has 1 aliphatic rings. The van der Waals surface area contributed by atoms with Gasteiger partial charge in [0.25, 0.3) is 5.91 Å². The van der Waals surface area contributed by atoms with Crippen LogP contribution in [0.3, 0.4) is 0 Å². The summed E-state index contributed by atoms with van der Waals surface area (Å²) in [5.41, 5.74) is 2.32. The molecular weight excluding hydrogens is 450 g/mol. The van der Waals surface area contributed by atoms with Crippen LogP contribution in [0.4, 0.5) is 0 Å². The number of fused-ring (bicyclic) bond motifs is 1. The lowest BCUT2D eigenvalue weighted by Gasteiger charge is -2.34. The number of carbonyl (C=O) groups excluding carboxylic acids is 1. The SMILES string of the molecule is CCc1ccc(CNC(=O)c2cc(=O)[nH]c3ccc(S(=O)(=O)N4CCCC[C@@H]4CC)cc23)cc1. The van der Waals surface area contributed by atoms with E-state index in [2.05, 4.69) is 17.2 Å². The van der Waals surface area contributed by atoms with Gasteiger partial charge in [0, 0.05) is 36.1 Å². The summed E-state index contributed by atoms with van der Waals surface area (Å²) in [5, 5.41) is 3.27. The maximum atomic E-state index is 13.5. The number of hydrogen-bond donors (Lipinski definition) is 2. The molecule has 1 aliphatic heterocycles. The number of aryl methyl sites for hydroxylation is 1. The van der Waals surface area contributed by atoms with Gasteiger partial charge < -0.3 is 10.3 Å². The van der Waals surface area contributed by atoms with Crippen molar-refractivity contribution in [3.05, 3.63) is 75.6 Å². The highest BCUT2D eigenvalue weighted by Gasteiger charge is 2.32. The largest absolute Gasteiger partial charge is 0.348 e. The van der Waals surface area contributed by atoms with E-state index in [0.717, 1.165) is 37.7 Å². The number of aromatic amines is 1. The molecule has 8 heteroatoms. The van der Waals surface area contributed by atoms with Crippen molar-refractivity contribution >= 4 is 26.8 Å². The Bertz CT molecular complexity index is 1350. The Balaban J connectivity index is 1.66. The van der Waals surface area contributed by atoms with Crippen LogP contribution in [0.15, 0.2) is 58.2 Å². The fourth-order valence-electron chi connectivity index (χ4n) is 4.59. The van der Waals surface area contributed by atoms with Crippen molar-refractivity contribution in [3.63, 3.8) is 0 Å². The number of piperidine rings is 1. The van der Waals surface area contributed by atoms with Gasteiger partial charge in [0.2, 0.25) is 15.6 Å². The molecule has 0 aliphatic carbocycles. The van der Waals surface area contributed by atoms with E-state index < -0.39 is 21.5 Å². The van der Waals surface area contributed by atoms with Crippen molar-refractivity contribution in [2.24, 2.45) is 0 Å². The molecule has 2 N–H and O–H groups in total. The highest BCUT2D eigenvalue weighted by molar-refractivity contribution is 7.89. The predicted molar refractivity (Wildman–Crippen MR) is 133 cm³/mol. The number of amides is 1. The molecule has 1 saturated heterocycles. The number of nitrogens with one attached hydrogen (secondary N) is 2. The van der Waals surface area contributed by atoms with Gasteiger partial charge in [0.05, 0.1) is 10.5 Å². The molecule has 2 heterocycles. The number of carbonyl (C=O) groups is 1. The van der Waals surface area contributed by atoms with Crippen LogP contribution in [0.1, 0.15) is 61.0 Å². The molecule has 4 rings (SSSR count). The second-order valence-electron chi connectivity index (χ2n) is 8.78. The minimum Gasteiger partial charge on any atom is -0.348 e. The zero-order chi connectivity index (χ0) is 24.3. The predicted octanol–water partition coefficient (Wildman–Crippen LogP) is 3.97. The number of rotatable bonds is 7. The first-order valence-electron chi connectivity index (χ1n) is 11.9. The van der Waals surface area contributed by atoms with Crippen LogP contribution >= 0.6 is 0 Å². The van der Waals surface area contributed by atoms with Crippen molar-refractivity contribution < 1.29 is 13.2 Å². The number of hydrogen-bond acceptors (Lipinski definition) is 4. The number of aromatic nitrogens is 1. The van der Waals surface area contributed by atoms with Crippen molar-refractivity contribution in [2.75, 3.05) is 6.54 Å². The third-order valence-corrected chi connectivity index (χ3v) is 8.54. The third-order valence-electron chi connectivity index (χ3n) is 6.59. The molecular formula is C26H31N3O4S. The lowest BCUT2D eigenvalue weighted by molar-refractivity contribution is 0.0952. The smallest absolute Gasteiger partial charge is 0.252 e. The molecule has 2 aromatic carbocycles. The van der Waals surface area contributed by atoms with Gasteiger partial charge in [-0.1, -0.05) is 44.5 Å². The van der Waals surface area contributed by atoms with E-state index >= 15 is 0 Å². The lowest BCUT2D eigenvalue weighted by Crippen LogP contribution is -2.43. The van der Waals surface area contributed by atoms with Crippen LogP contribution in [-0.2, 0) is 23.0 Å². The Kier molecular flexibility index (Phi) is 7.19. The molecule has 0 spiro atoms. The highest BCUT2D eigenvalue weighted by atomic mass is 32.2. The highest BCUT2D eigenvalue weighted by Crippen LogP contribution is 2.29. The minimum atomic E-state index is -3.72. The molecule has 0 radical (unpaired) electrons. The molecule has 7 nitrogen and oxygen atoms in total. The Morgan fingerprint density at radius 1 is 1.06 bits per heavy atom. The summed E-state index contributed by atoms with van der Waals surface area (Å²) >= 11 is 0. The van der Waals surface area contributed by atoms with E-state index in [1.165, 1.54) is 23.8 Å². The van der Waals surface area contributed by atoms with Gasteiger partial charge in [0.1, 0.15) is 0 Å².